The third-order valence-electron chi connectivity index (χ3n) is 6.94. The number of carbonyl (C=O) groups excluding carboxylic acids is 3. The third-order valence-corrected chi connectivity index (χ3v) is 6.94. The number of benzene rings is 3. The van der Waals surface area contributed by atoms with Gasteiger partial charge in [0.1, 0.15) is 18.5 Å². The quantitative estimate of drug-likeness (QED) is 0.224. The Hall–Kier alpha value is -4.69. The first kappa shape index (κ1) is 26.9. The molecule has 3 aromatic rings. The number of rotatable bonds is 8. The van der Waals surface area contributed by atoms with Crippen molar-refractivity contribution in [1.29, 1.82) is 0 Å². The first-order valence-corrected chi connectivity index (χ1v) is 12.8. The Morgan fingerprint density at radius 2 is 1.25 bits per heavy atom. The van der Waals surface area contributed by atoms with E-state index in [-0.39, 0.29) is 12.4 Å². The number of methoxy groups -OCH3 is 1. The van der Waals surface area contributed by atoms with Gasteiger partial charge in [-0.3, -0.25) is 0 Å². The summed E-state index contributed by atoms with van der Waals surface area (Å²) in [6, 6.07) is 25.7. The molecule has 2 aliphatic rings. The lowest BCUT2D eigenvalue weighted by atomic mass is 9.82. The van der Waals surface area contributed by atoms with Crippen LogP contribution in [-0.4, -0.2) is 50.1 Å². The fourth-order valence-electron chi connectivity index (χ4n) is 5.03. The Morgan fingerprint density at radius 3 is 1.77 bits per heavy atom. The molecule has 0 radical (unpaired) electrons. The molecule has 0 bridgehead atoms. The van der Waals surface area contributed by atoms with Crippen LogP contribution in [0.3, 0.4) is 0 Å². The van der Waals surface area contributed by atoms with Gasteiger partial charge in [0, 0.05) is 7.11 Å². The topological polar surface area (TPSA) is 97.4 Å². The lowest BCUT2D eigenvalue weighted by Gasteiger charge is -2.42. The van der Waals surface area contributed by atoms with Crippen LogP contribution >= 0.6 is 0 Å². The van der Waals surface area contributed by atoms with Gasteiger partial charge in [0.15, 0.2) is 6.10 Å². The summed E-state index contributed by atoms with van der Waals surface area (Å²) in [6.07, 6.45) is -0.955. The Labute approximate surface area is 231 Å². The zero-order valence-corrected chi connectivity index (χ0v) is 21.8. The predicted molar refractivity (Wildman–Crippen MR) is 144 cm³/mol. The van der Waals surface area contributed by atoms with Crippen LogP contribution in [0.15, 0.2) is 115 Å². The van der Waals surface area contributed by atoms with Crippen LogP contribution < -0.4 is 0 Å². The number of ether oxygens (including phenoxy) is 5. The largest absolute Gasteiger partial charge is 0.465 e. The van der Waals surface area contributed by atoms with Crippen molar-refractivity contribution < 1.29 is 38.1 Å². The van der Waals surface area contributed by atoms with E-state index in [9.17, 15) is 14.4 Å². The SMILES string of the molecule is C=C1O[C@@H](OC)[C@@H]2C(COC(=O)c3ccccc3)=C[C@H](OC(=O)c3ccccc3)[C@@H]2[C@@H]1OC(=O)c1ccccc1. The molecule has 8 nitrogen and oxygen atoms in total. The van der Waals surface area contributed by atoms with Crippen LogP contribution in [-0.2, 0) is 23.7 Å². The van der Waals surface area contributed by atoms with E-state index in [2.05, 4.69) is 6.58 Å². The molecule has 0 aromatic heterocycles. The van der Waals surface area contributed by atoms with Gasteiger partial charge in [0.2, 0.25) is 6.29 Å². The molecule has 1 heterocycles. The number of esters is 3. The molecule has 5 rings (SSSR count). The Bertz CT molecular complexity index is 1400. The highest BCUT2D eigenvalue weighted by molar-refractivity contribution is 5.90. The average Bonchev–Trinajstić information content (AvgIpc) is 3.36. The van der Waals surface area contributed by atoms with Crippen molar-refractivity contribution >= 4 is 17.9 Å². The first-order valence-electron chi connectivity index (χ1n) is 12.8. The summed E-state index contributed by atoms with van der Waals surface area (Å²) in [5, 5.41) is 0. The average molecular weight is 541 g/mol. The maximum atomic E-state index is 13.1. The number of hydrogen-bond acceptors (Lipinski definition) is 8. The second-order valence-corrected chi connectivity index (χ2v) is 9.40. The molecular formula is C32H28O8. The van der Waals surface area contributed by atoms with Gasteiger partial charge in [-0.15, -0.1) is 0 Å². The van der Waals surface area contributed by atoms with Gasteiger partial charge in [0.25, 0.3) is 0 Å². The highest BCUT2D eigenvalue weighted by atomic mass is 16.7. The van der Waals surface area contributed by atoms with E-state index in [1.165, 1.54) is 7.11 Å². The number of carbonyl (C=O) groups is 3. The fourth-order valence-corrected chi connectivity index (χ4v) is 5.03. The van der Waals surface area contributed by atoms with Gasteiger partial charge in [-0.05, 0) is 48.0 Å². The van der Waals surface area contributed by atoms with Gasteiger partial charge >= 0.3 is 17.9 Å². The van der Waals surface area contributed by atoms with Crippen molar-refractivity contribution in [2.24, 2.45) is 11.8 Å². The van der Waals surface area contributed by atoms with Crippen molar-refractivity contribution in [3.63, 3.8) is 0 Å². The standard InChI is InChI=1S/C32H28O8/c1-20-28(40-31(35)23-16-10-5-11-17-23)27-25(39-30(34)22-14-8-4-9-15-22)18-24(26(27)32(36-2)38-20)19-37-29(33)21-12-6-3-7-13-21/h3-18,25-28,32H,1,19H2,2H3/t25-,26+,27-,28+,32+/m0/s1. The molecular weight excluding hydrogens is 512 g/mol. The van der Waals surface area contributed by atoms with Crippen LogP contribution in [0.2, 0.25) is 0 Å². The normalized spacial score (nSPS) is 23.3. The van der Waals surface area contributed by atoms with Crippen molar-refractivity contribution in [3.05, 3.63) is 132 Å². The predicted octanol–water partition coefficient (Wildman–Crippen LogP) is 4.98. The lowest BCUT2D eigenvalue weighted by molar-refractivity contribution is -0.191. The molecule has 0 spiro atoms. The van der Waals surface area contributed by atoms with Crippen LogP contribution in [0, 0.1) is 11.8 Å². The van der Waals surface area contributed by atoms with Crippen LogP contribution in [0.4, 0.5) is 0 Å². The minimum absolute atomic E-state index is 0.108. The van der Waals surface area contributed by atoms with Crippen molar-refractivity contribution in [3.8, 4) is 0 Å². The van der Waals surface area contributed by atoms with E-state index in [4.69, 9.17) is 23.7 Å². The molecule has 3 aromatic carbocycles. The fraction of sp³-hybridized carbons (Fsp3) is 0.219. The third kappa shape index (κ3) is 5.67. The molecule has 0 amide bonds. The summed E-state index contributed by atoms with van der Waals surface area (Å²) in [4.78, 5) is 38.8. The van der Waals surface area contributed by atoms with Gasteiger partial charge < -0.3 is 23.7 Å². The van der Waals surface area contributed by atoms with Gasteiger partial charge in [-0.2, -0.15) is 0 Å². The molecule has 0 saturated carbocycles. The molecule has 1 fully saturated rings. The smallest absolute Gasteiger partial charge is 0.338 e. The molecule has 8 heteroatoms. The number of hydrogen-bond donors (Lipinski definition) is 0. The minimum Gasteiger partial charge on any atom is -0.465 e. The molecule has 1 aliphatic carbocycles. The highest BCUT2D eigenvalue weighted by Gasteiger charge is 2.55. The van der Waals surface area contributed by atoms with Crippen molar-refractivity contribution in [1.82, 2.24) is 0 Å². The summed E-state index contributed by atoms with van der Waals surface area (Å²) in [5.41, 5.74) is 1.72. The van der Waals surface area contributed by atoms with E-state index < -0.39 is 48.2 Å². The van der Waals surface area contributed by atoms with Gasteiger partial charge in [-0.25, -0.2) is 14.4 Å². The monoisotopic (exact) mass is 540 g/mol. The molecule has 204 valence electrons. The van der Waals surface area contributed by atoms with E-state index in [1.807, 2.05) is 0 Å². The van der Waals surface area contributed by atoms with Gasteiger partial charge in [-0.1, -0.05) is 61.2 Å². The molecule has 1 aliphatic heterocycles. The molecule has 5 atom stereocenters. The summed E-state index contributed by atoms with van der Waals surface area (Å²) < 4.78 is 29.0. The summed E-state index contributed by atoms with van der Waals surface area (Å²) >= 11 is 0. The van der Waals surface area contributed by atoms with Gasteiger partial charge in [0.05, 0.1) is 28.5 Å². The Balaban J connectivity index is 1.44. The molecule has 0 N–H and O–H groups in total. The zero-order chi connectivity index (χ0) is 28.1. The lowest BCUT2D eigenvalue weighted by Crippen LogP contribution is -2.49. The van der Waals surface area contributed by atoms with Crippen LogP contribution in [0.25, 0.3) is 0 Å². The van der Waals surface area contributed by atoms with Crippen LogP contribution in [0.1, 0.15) is 31.1 Å². The van der Waals surface area contributed by atoms with Crippen molar-refractivity contribution in [2.45, 2.75) is 18.5 Å². The zero-order valence-electron chi connectivity index (χ0n) is 21.8. The Morgan fingerprint density at radius 1 is 0.750 bits per heavy atom. The maximum Gasteiger partial charge on any atom is 0.338 e. The summed E-state index contributed by atoms with van der Waals surface area (Å²) in [7, 11) is 1.47. The molecule has 40 heavy (non-hydrogen) atoms. The minimum atomic E-state index is -0.976. The second-order valence-electron chi connectivity index (χ2n) is 9.40. The molecule has 0 unspecified atom stereocenters. The number of fused-ring (bicyclic) bond motifs is 1. The first-order chi connectivity index (χ1) is 19.5. The van der Waals surface area contributed by atoms with E-state index in [0.717, 1.165) is 0 Å². The van der Waals surface area contributed by atoms with E-state index >= 15 is 0 Å². The molecule has 1 saturated heterocycles. The Kier molecular flexibility index (Phi) is 8.07. The summed E-state index contributed by atoms with van der Waals surface area (Å²) in [6.45, 7) is 3.88. The highest BCUT2D eigenvalue weighted by Crippen LogP contribution is 2.47. The van der Waals surface area contributed by atoms with E-state index in [0.29, 0.717) is 22.3 Å². The maximum absolute atomic E-state index is 13.1. The van der Waals surface area contributed by atoms with Crippen molar-refractivity contribution in [2.75, 3.05) is 13.7 Å². The van der Waals surface area contributed by atoms with Crippen LogP contribution in [0.5, 0.6) is 0 Å². The summed E-state index contributed by atoms with van der Waals surface area (Å²) in [5.74, 6) is -2.69. The second kappa shape index (κ2) is 12.0. The van der Waals surface area contributed by atoms with E-state index in [1.54, 1.807) is 97.1 Å².